The summed E-state index contributed by atoms with van der Waals surface area (Å²) in [5, 5.41) is 0.855. The van der Waals surface area contributed by atoms with E-state index in [1.807, 2.05) is 4.57 Å². The predicted molar refractivity (Wildman–Crippen MR) is 128 cm³/mol. The first-order valence-electron chi connectivity index (χ1n) is 11.8. The highest BCUT2D eigenvalue weighted by molar-refractivity contribution is 7.99. The molecule has 0 fully saturated rings. The Morgan fingerprint density at radius 1 is 0.967 bits per heavy atom. The Labute approximate surface area is 184 Å². The summed E-state index contributed by atoms with van der Waals surface area (Å²) in [7, 11) is 1.67. The second kappa shape index (κ2) is 13.0. The van der Waals surface area contributed by atoms with Gasteiger partial charge in [0, 0.05) is 19.3 Å². The molecule has 7 heteroatoms. The number of unbranched alkanes of at least 4 members (excludes halogenated alkanes) is 9. The second-order valence-corrected chi connectivity index (χ2v) is 9.81. The number of nitrogens with zero attached hydrogens (tertiary/aromatic N) is 3. The minimum Gasteiger partial charge on any atom is -0.313 e. The zero-order chi connectivity index (χ0) is 21.9. The van der Waals surface area contributed by atoms with Gasteiger partial charge in [-0.2, -0.15) is 0 Å². The van der Waals surface area contributed by atoms with Crippen LogP contribution < -0.4 is 11.2 Å². The standard InChI is InChI=1S/C23H40N4O2S/c1-5-6-7-8-9-10-11-12-13-14-16-27-19-20(26(4)22(29)25-21(19)28)24-23(27)30-17-15-18(2)3/h18H,5-17H2,1-4H3,(H,25,28,29). The Morgan fingerprint density at radius 2 is 1.57 bits per heavy atom. The third kappa shape index (κ3) is 7.33. The monoisotopic (exact) mass is 436 g/mol. The molecular weight excluding hydrogens is 396 g/mol. The first-order chi connectivity index (χ1) is 14.5. The van der Waals surface area contributed by atoms with Gasteiger partial charge in [0.05, 0.1) is 0 Å². The number of thioether (sulfide) groups is 1. The molecule has 0 bridgehead atoms. The van der Waals surface area contributed by atoms with Gasteiger partial charge in [-0.25, -0.2) is 9.78 Å². The fraction of sp³-hybridized carbons (Fsp3) is 0.783. The summed E-state index contributed by atoms with van der Waals surface area (Å²) < 4.78 is 3.47. The summed E-state index contributed by atoms with van der Waals surface area (Å²) >= 11 is 1.69. The van der Waals surface area contributed by atoms with Crippen LogP contribution >= 0.6 is 11.8 Å². The van der Waals surface area contributed by atoms with E-state index in [-0.39, 0.29) is 5.56 Å². The van der Waals surface area contributed by atoms with Gasteiger partial charge < -0.3 is 4.57 Å². The quantitative estimate of drug-likeness (QED) is 0.296. The Morgan fingerprint density at radius 3 is 2.17 bits per heavy atom. The average molecular weight is 437 g/mol. The number of fused-ring (bicyclic) bond motifs is 1. The van der Waals surface area contributed by atoms with E-state index in [9.17, 15) is 9.59 Å². The van der Waals surface area contributed by atoms with Gasteiger partial charge in [0.2, 0.25) is 0 Å². The van der Waals surface area contributed by atoms with Crippen LogP contribution in [0.5, 0.6) is 0 Å². The first-order valence-corrected chi connectivity index (χ1v) is 12.8. The second-order valence-electron chi connectivity index (χ2n) is 8.75. The van der Waals surface area contributed by atoms with Crippen molar-refractivity contribution < 1.29 is 0 Å². The Bertz CT molecular complexity index is 882. The summed E-state index contributed by atoms with van der Waals surface area (Å²) in [6.45, 7) is 7.45. The number of imidazole rings is 1. The minimum absolute atomic E-state index is 0.330. The summed E-state index contributed by atoms with van der Waals surface area (Å²) in [5.41, 5.74) is 0.279. The van der Waals surface area contributed by atoms with Crippen molar-refractivity contribution in [2.45, 2.75) is 103 Å². The molecule has 0 aliphatic carbocycles. The Hall–Kier alpha value is -1.50. The highest BCUT2D eigenvalue weighted by Gasteiger charge is 2.17. The lowest BCUT2D eigenvalue weighted by atomic mass is 10.1. The summed E-state index contributed by atoms with van der Waals surface area (Å²) in [6.07, 6.45) is 13.9. The van der Waals surface area contributed by atoms with E-state index in [0.29, 0.717) is 17.1 Å². The average Bonchev–Trinajstić information content (AvgIpc) is 3.06. The Balaban J connectivity index is 1.96. The minimum atomic E-state index is -0.408. The van der Waals surface area contributed by atoms with Crippen LogP contribution in [0.1, 0.15) is 91.4 Å². The van der Waals surface area contributed by atoms with Crippen LogP contribution in [0.25, 0.3) is 11.2 Å². The molecule has 2 aromatic rings. The normalized spacial score (nSPS) is 11.8. The molecule has 0 spiro atoms. The highest BCUT2D eigenvalue weighted by Crippen LogP contribution is 2.24. The number of aromatic amines is 1. The number of aryl methyl sites for hydroxylation is 2. The lowest BCUT2D eigenvalue weighted by Crippen LogP contribution is -2.29. The van der Waals surface area contributed by atoms with Crippen LogP contribution in [0.4, 0.5) is 0 Å². The smallest absolute Gasteiger partial charge is 0.313 e. The number of hydrogen-bond acceptors (Lipinski definition) is 4. The number of rotatable bonds is 15. The summed E-state index contributed by atoms with van der Waals surface area (Å²) in [5.74, 6) is 1.59. The third-order valence-electron chi connectivity index (χ3n) is 5.63. The first kappa shape index (κ1) is 24.8. The summed E-state index contributed by atoms with van der Waals surface area (Å²) in [6, 6.07) is 0. The highest BCUT2D eigenvalue weighted by atomic mass is 32.2. The summed E-state index contributed by atoms with van der Waals surface area (Å²) in [4.78, 5) is 31.6. The van der Waals surface area contributed by atoms with Crippen molar-refractivity contribution in [3.8, 4) is 0 Å². The molecule has 0 saturated carbocycles. The largest absolute Gasteiger partial charge is 0.329 e. The number of nitrogens with one attached hydrogen (secondary N) is 1. The van der Waals surface area contributed by atoms with Crippen molar-refractivity contribution in [1.82, 2.24) is 19.1 Å². The van der Waals surface area contributed by atoms with Crippen LogP contribution in [0, 0.1) is 5.92 Å². The SMILES string of the molecule is CCCCCCCCCCCCn1c(SCCC(C)C)nc2c1c(=O)[nH]c(=O)n2C. The zero-order valence-electron chi connectivity index (χ0n) is 19.3. The topological polar surface area (TPSA) is 72.7 Å². The van der Waals surface area contributed by atoms with E-state index in [2.05, 4.69) is 30.7 Å². The molecule has 170 valence electrons. The molecule has 0 aliphatic rings. The van der Waals surface area contributed by atoms with Gasteiger partial charge in [-0.05, 0) is 18.8 Å². The molecule has 2 aromatic heterocycles. The van der Waals surface area contributed by atoms with Crippen molar-refractivity contribution in [3.05, 3.63) is 20.8 Å². The van der Waals surface area contributed by atoms with Gasteiger partial charge in [0.1, 0.15) is 0 Å². The molecule has 0 atom stereocenters. The molecule has 0 unspecified atom stereocenters. The van der Waals surface area contributed by atoms with Crippen molar-refractivity contribution >= 4 is 22.9 Å². The van der Waals surface area contributed by atoms with E-state index in [1.165, 1.54) is 55.9 Å². The van der Waals surface area contributed by atoms with Crippen LogP contribution in [0.15, 0.2) is 14.7 Å². The number of H-pyrrole nitrogens is 1. The fourth-order valence-corrected chi connectivity index (χ4v) is 4.94. The van der Waals surface area contributed by atoms with Gasteiger partial charge in [-0.15, -0.1) is 0 Å². The maximum Gasteiger partial charge on any atom is 0.329 e. The third-order valence-corrected chi connectivity index (χ3v) is 6.64. The lowest BCUT2D eigenvalue weighted by molar-refractivity contribution is 0.526. The van der Waals surface area contributed by atoms with Gasteiger partial charge in [0.15, 0.2) is 16.3 Å². The molecule has 30 heavy (non-hydrogen) atoms. The van der Waals surface area contributed by atoms with Crippen LogP contribution in [0.3, 0.4) is 0 Å². The van der Waals surface area contributed by atoms with E-state index < -0.39 is 5.69 Å². The van der Waals surface area contributed by atoms with Crippen LogP contribution in [-0.4, -0.2) is 24.9 Å². The van der Waals surface area contributed by atoms with Crippen LogP contribution in [0.2, 0.25) is 0 Å². The maximum atomic E-state index is 12.5. The molecule has 0 amide bonds. The molecule has 0 aromatic carbocycles. The van der Waals surface area contributed by atoms with E-state index in [0.717, 1.165) is 36.7 Å². The number of aromatic nitrogens is 4. The van der Waals surface area contributed by atoms with Crippen molar-refractivity contribution in [2.75, 3.05) is 5.75 Å². The molecule has 2 rings (SSSR count). The Kier molecular flexibility index (Phi) is 10.8. The molecule has 0 radical (unpaired) electrons. The molecule has 1 N–H and O–H groups in total. The molecule has 0 saturated heterocycles. The zero-order valence-corrected chi connectivity index (χ0v) is 20.2. The van der Waals surface area contributed by atoms with E-state index in [1.54, 1.807) is 18.8 Å². The van der Waals surface area contributed by atoms with Crippen molar-refractivity contribution in [2.24, 2.45) is 13.0 Å². The van der Waals surface area contributed by atoms with Gasteiger partial charge in [0.25, 0.3) is 5.56 Å². The van der Waals surface area contributed by atoms with Gasteiger partial charge in [-0.1, -0.05) is 90.3 Å². The molecule has 6 nitrogen and oxygen atoms in total. The van der Waals surface area contributed by atoms with Crippen molar-refractivity contribution in [3.63, 3.8) is 0 Å². The maximum absolute atomic E-state index is 12.5. The van der Waals surface area contributed by atoms with E-state index >= 15 is 0 Å². The molecule has 0 aliphatic heterocycles. The molecular formula is C23H40N4O2S. The van der Waals surface area contributed by atoms with Gasteiger partial charge >= 0.3 is 5.69 Å². The van der Waals surface area contributed by atoms with Crippen LogP contribution in [-0.2, 0) is 13.6 Å². The fourth-order valence-electron chi connectivity index (χ4n) is 3.68. The van der Waals surface area contributed by atoms with Gasteiger partial charge in [-0.3, -0.25) is 14.3 Å². The number of hydrogen-bond donors (Lipinski definition) is 1. The van der Waals surface area contributed by atoms with E-state index in [4.69, 9.17) is 0 Å². The predicted octanol–water partition coefficient (Wildman–Crippen LogP) is 5.48. The van der Waals surface area contributed by atoms with Crippen molar-refractivity contribution in [1.29, 1.82) is 0 Å². The molecule has 2 heterocycles. The lowest BCUT2D eigenvalue weighted by Gasteiger charge is -2.09.